The van der Waals surface area contributed by atoms with Crippen molar-refractivity contribution in [3.63, 3.8) is 0 Å². The number of esters is 1. The lowest BCUT2D eigenvalue weighted by Gasteiger charge is -2.28. The molecule has 3 nitrogen and oxygen atoms in total. The Kier molecular flexibility index (Phi) is 3.41. The normalized spacial score (nSPS) is 25.5. The lowest BCUT2D eigenvalue weighted by atomic mass is 10.0. The Balaban J connectivity index is 1.88. The van der Waals surface area contributed by atoms with Crippen molar-refractivity contribution in [3.05, 3.63) is 11.6 Å². The Bertz CT molecular complexity index is 269. The molecule has 1 aliphatic carbocycles. The lowest BCUT2D eigenvalue weighted by Crippen LogP contribution is -2.33. The van der Waals surface area contributed by atoms with Crippen molar-refractivity contribution in [2.24, 2.45) is 0 Å². The molecule has 1 aliphatic heterocycles. The first-order valence-corrected chi connectivity index (χ1v) is 5.90. The van der Waals surface area contributed by atoms with E-state index in [0.29, 0.717) is 6.61 Å². The average molecular weight is 209 g/mol. The SMILES string of the molecule is CCOC(=O)/C=C1\CCCN(C2CC2)C1. The van der Waals surface area contributed by atoms with Gasteiger partial charge in [0.25, 0.3) is 0 Å². The average Bonchev–Trinajstić information content (AvgIpc) is 3.01. The highest BCUT2D eigenvalue weighted by Gasteiger charge is 2.30. The van der Waals surface area contributed by atoms with Crippen LogP contribution >= 0.6 is 0 Å². The topological polar surface area (TPSA) is 29.5 Å². The molecule has 1 saturated carbocycles. The molecule has 1 heterocycles. The summed E-state index contributed by atoms with van der Waals surface area (Å²) in [4.78, 5) is 13.8. The van der Waals surface area contributed by atoms with Crippen LogP contribution in [0.15, 0.2) is 11.6 Å². The molecule has 0 aromatic carbocycles. The van der Waals surface area contributed by atoms with Crippen LogP contribution in [-0.2, 0) is 9.53 Å². The van der Waals surface area contributed by atoms with Crippen molar-refractivity contribution in [1.29, 1.82) is 0 Å². The largest absolute Gasteiger partial charge is 0.463 e. The van der Waals surface area contributed by atoms with Crippen LogP contribution in [0.4, 0.5) is 0 Å². The van der Waals surface area contributed by atoms with Crippen LogP contribution in [0, 0.1) is 0 Å². The van der Waals surface area contributed by atoms with Gasteiger partial charge in [-0.05, 0) is 44.7 Å². The molecule has 0 radical (unpaired) electrons. The highest BCUT2D eigenvalue weighted by atomic mass is 16.5. The van der Waals surface area contributed by atoms with Gasteiger partial charge in [-0.25, -0.2) is 4.79 Å². The Morgan fingerprint density at radius 3 is 3.07 bits per heavy atom. The van der Waals surface area contributed by atoms with Gasteiger partial charge in [-0.3, -0.25) is 4.90 Å². The summed E-state index contributed by atoms with van der Waals surface area (Å²) in [6.07, 6.45) is 6.61. The van der Waals surface area contributed by atoms with Crippen LogP contribution in [0.5, 0.6) is 0 Å². The second kappa shape index (κ2) is 4.79. The van der Waals surface area contributed by atoms with Crippen LogP contribution in [0.2, 0.25) is 0 Å². The fourth-order valence-corrected chi connectivity index (χ4v) is 2.15. The number of rotatable bonds is 3. The molecule has 0 unspecified atom stereocenters. The van der Waals surface area contributed by atoms with Gasteiger partial charge < -0.3 is 4.74 Å². The minimum Gasteiger partial charge on any atom is -0.463 e. The first kappa shape index (κ1) is 10.7. The number of hydrogen-bond donors (Lipinski definition) is 0. The van der Waals surface area contributed by atoms with Crippen molar-refractivity contribution >= 4 is 5.97 Å². The first-order chi connectivity index (χ1) is 7.29. The summed E-state index contributed by atoms with van der Waals surface area (Å²) >= 11 is 0. The number of carbonyl (C=O) groups excluding carboxylic acids is 1. The molecule has 2 aliphatic rings. The summed E-state index contributed by atoms with van der Waals surface area (Å²) in [5, 5.41) is 0. The van der Waals surface area contributed by atoms with Gasteiger partial charge in [0.1, 0.15) is 0 Å². The maximum Gasteiger partial charge on any atom is 0.330 e. The predicted molar refractivity (Wildman–Crippen MR) is 58.5 cm³/mol. The summed E-state index contributed by atoms with van der Waals surface area (Å²) in [6, 6.07) is 0.802. The molecule has 1 saturated heterocycles. The van der Waals surface area contributed by atoms with Crippen molar-refractivity contribution in [1.82, 2.24) is 4.90 Å². The molecule has 0 aromatic rings. The second-order valence-electron chi connectivity index (χ2n) is 4.36. The van der Waals surface area contributed by atoms with Gasteiger partial charge in [-0.15, -0.1) is 0 Å². The summed E-state index contributed by atoms with van der Waals surface area (Å²) in [5.41, 5.74) is 1.24. The molecule has 2 fully saturated rings. The summed E-state index contributed by atoms with van der Waals surface area (Å²) in [7, 11) is 0. The van der Waals surface area contributed by atoms with Crippen LogP contribution in [0.25, 0.3) is 0 Å². The van der Waals surface area contributed by atoms with E-state index in [0.717, 1.165) is 19.0 Å². The summed E-state index contributed by atoms with van der Waals surface area (Å²) in [5.74, 6) is -0.176. The number of ether oxygens (including phenoxy) is 1. The third kappa shape index (κ3) is 3.06. The third-order valence-electron chi connectivity index (χ3n) is 3.02. The standard InChI is InChI=1S/C12H19NO2/c1-2-15-12(14)8-10-4-3-7-13(9-10)11-5-6-11/h8,11H,2-7,9H2,1H3/b10-8+. The highest BCUT2D eigenvalue weighted by molar-refractivity contribution is 5.82. The van der Waals surface area contributed by atoms with Crippen LogP contribution in [-0.4, -0.2) is 36.6 Å². The Morgan fingerprint density at radius 2 is 2.40 bits per heavy atom. The van der Waals surface area contributed by atoms with Crippen molar-refractivity contribution in [2.45, 2.75) is 38.6 Å². The maximum atomic E-state index is 11.3. The van der Waals surface area contributed by atoms with Crippen LogP contribution in [0.1, 0.15) is 32.6 Å². The minimum atomic E-state index is -0.176. The molecule has 84 valence electrons. The summed E-state index contributed by atoms with van der Waals surface area (Å²) in [6.45, 7) is 4.48. The maximum absolute atomic E-state index is 11.3. The molecule has 3 heteroatoms. The van der Waals surface area contributed by atoms with Crippen LogP contribution in [0.3, 0.4) is 0 Å². The molecule has 2 rings (SSSR count). The first-order valence-electron chi connectivity index (χ1n) is 5.90. The number of carbonyl (C=O) groups is 1. The van der Waals surface area contributed by atoms with E-state index in [-0.39, 0.29) is 5.97 Å². The van der Waals surface area contributed by atoms with E-state index in [9.17, 15) is 4.79 Å². The number of piperidine rings is 1. The molecule has 0 spiro atoms. The van der Waals surface area contributed by atoms with Gasteiger partial charge in [0, 0.05) is 18.7 Å². The predicted octanol–water partition coefficient (Wildman–Crippen LogP) is 1.73. The monoisotopic (exact) mass is 209 g/mol. The van der Waals surface area contributed by atoms with Crippen molar-refractivity contribution in [2.75, 3.05) is 19.7 Å². The van der Waals surface area contributed by atoms with Gasteiger partial charge in [0.2, 0.25) is 0 Å². The molecule has 0 atom stereocenters. The molecular formula is C12H19NO2. The van der Waals surface area contributed by atoms with E-state index >= 15 is 0 Å². The van der Waals surface area contributed by atoms with Gasteiger partial charge >= 0.3 is 5.97 Å². The number of hydrogen-bond acceptors (Lipinski definition) is 3. The zero-order valence-electron chi connectivity index (χ0n) is 9.37. The van der Waals surface area contributed by atoms with E-state index in [1.165, 1.54) is 31.4 Å². The fraction of sp³-hybridized carbons (Fsp3) is 0.750. The Hall–Kier alpha value is -0.830. The van der Waals surface area contributed by atoms with Gasteiger partial charge in [0.15, 0.2) is 0 Å². The van der Waals surface area contributed by atoms with Gasteiger partial charge in [0.05, 0.1) is 6.61 Å². The van der Waals surface area contributed by atoms with E-state index in [2.05, 4.69) is 4.90 Å². The molecule has 0 aromatic heterocycles. The number of likely N-dealkylation sites (tertiary alicyclic amines) is 1. The molecule has 15 heavy (non-hydrogen) atoms. The second-order valence-corrected chi connectivity index (χ2v) is 4.36. The lowest BCUT2D eigenvalue weighted by molar-refractivity contribution is -0.137. The quantitative estimate of drug-likeness (QED) is 0.523. The zero-order valence-corrected chi connectivity index (χ0v) is 9.37. The Morgan fingerprint density at radius 1 is 1.60 bits per heavy atom. The van der Waals surface area contributed by atoms with Gasteiger partial charge in [-0.2, -0.15) is 0 Å². The third-order valence-corrected chi connectivity index (χ3v) is 3.02. The molecule has 0 amide bonds. The van der Waals surface area contributed by atoms with E-state index in [4.69, 9.17) is 4.74 Å². The van der Waals surface area contributed by atoms with Crippen LogP contribution < -0.4 is 0 Å². The Labute approximate surface area is 91.1 Å². The number of nitrogens with zero attached hydrogens (tertiary/aromatic N) is 1. The van der Waals surface area contributed by atoms with E-state index in [1.807, 2.05) is 6.92 Å². The summed E-state index contributed by atoms with van der Waals surface area (Å²) < 4.78 is 4.92. The molecule has 0 N–H and O–H groups in total. The molecular weight excluding hydrogens is 190 g/mol. The smallest absolute Gasteiger partial charge is 0.330 e. The van der Waals surface area contributed by atoms with E-state index in [1.54, 1.807) is 6.08 Å². The molecule has 0 bridgehead atoms. The zero-order chi connectivity index (χ0) is 10.7. The van der Waals surface area contributed by atoms with Crippen molar-refractivity contribution in [3.8, 4) is 0 Å². The van der Waals surface area contributed by atoms with Gasteiger partial charge in [-0.1, -0.05) is 0 Å². The fourth-order valence-electron chi connectivity index (χ4n) is 2.15. The van der Waals surface area contributed by atoms with Crippen molar-refractivity contribution < 1.29 is 9.53 Å². The van der Waals surface area contributed by atoms with E-state index < -0.39 is 0 Å². The highest BCUT2D eigenvalue weighted by Crippen LogP contribution is 2.30. The minimum absolute atomic E-state index is 0.176.